The summed E-state index contributed by atoms with van der Waals surface area (Å²) in [7, 11) is 0. The Hall–Kier alpha value is -1.95. The van der Waals surface area contributed by atoms with Gasteiger partial charge < -0.3 is 10.3 Å². The van der Waals surface area contributed by atoms with E-state index in [-0.39, 0.29) is 11.5 Å². The zero-order valence-corrected chi connectivity index (χ0v) is 10.2. The largest absolute Gasteiger partial charge is 0.329 e. The second-order valence-corrected chi connectivity index (χ2v) is 4.11. The van der Waals surface area contributed by atoms with Crippen molar-refractivity contribution >= 4 is 27.5 Å². The standard InChI is InChI=1S/C11H8BrN3O2/c12-8-6-13-3-2-9(8)15-11(17)7-1-4-14-10(16)5-7/h1-6H,(H,14,16)(H,13,15,17). The molecule has 2 heterocycles. The molecular formula is C11H8BrN3O2. The Kier molecular flexibility index (Phi) is 3.34. The second-order valence-electron chi connectivity index (χ2n) is 3.25. The summed E-state index contributed by atoms with van der Waals surface area (Å²) >= 11 is 3.27. The fourth-order valence-electron chi connectivity index (χ4n) is 1.26. The van der Waals surface area contributed by atoms with E-state index in [9.17, 15) is 9.59 Å². The lowest BCUT2D eigenvalue weighted by Crippen LogP contribution is -2.15. The van der Waals surface area contributed by atoms with Gasteiger partial charge in [-0.05, 0) is 28.1 Å². The second kappa shape index (κ2) is 4.92. The van der Waals surface area contributed by atoms with E-state index in [1.54, 1.807) is 18.5 Å². The molecule has 1 amide bonds. The molecule has 0 bridgehead atoms. The lowest BCUT2D eigenvalue weighted by molar-refractivity contribution is 0.102. The molecule has 0 saturated heterocycles. The fraction of sp³-hybridized carbons (Fsp3) is 0. The van der Waals surface area contributed by atoms with E-state index in [0.29, 0.717) is 15.7 Å². The van der Waals surface area contributed by atoms with Gasteiger partial charge in [0.05, 0.1) is 10.2 Å². The van der Waals surface area contributed by atoms with Crippen molar-refractivity contribution in [1.82, 2.24) is 9.97 Å². The number of nitrogens with one attached hydrogen (secondary N) is 2. The lowest BCUT2D eigenvalue weighted by atomic mass is 10.2. The summed E-state index contributed by atoms with van der Waals surface area (Å²) in [6, 6.07) is 4.44. The fourth-order valence-corrected chi connectivity index (χ4v) is 1.61. The van der Waals surface area contributed by atoms with Crippen LogP contribution in [0, 0.1) is 0 Å². The number of H-pyrrole nitrogens is 1. The SMILES string of the molecule is O=C(Nc1ccncc1Br)c1cc[nH]c(=O)c1. The number of hydrogen-bond acceptors (Lipinski definition) is 3. The molecule has 0 aliphatic carbocycles. The van der Waals surface area contributed by atoms with Crippen LogP contribution in [0.3, 0.4) is 0 Å². The topological polar surface area (TPSA) is 74.8 Å². The van der Waals surface area contributed by atoms with Crippen LogP contribution in [0.5, 0.6) is 0 Å². The molecular weight excluding hydrogens is 286 g/mol. The predicted octanol–water partition coefficient (Wildman–Crippen LogP) is 1.78. The smallest absolute Gasteiger partial charge is 0.255 e. The summed E-state index contributed by atoms with van der Waals surface area (Å²) in [5.74, 6) is -0.344. The Balaban J connectivity index is 2.23. The molecule has 0 atom stereocenters. The van der Waals surface area contributed by atoms with Gasteiger partial charge in [-0.3, -0.25) is 14.6 Å². The molecule has 2 N–H and O–H groups in total. The maximum Gasteiger partial charge on any atom is 0.255 e. The van der Waals surface area contributed by atoms with Gasteiger partial charge in [0.1, 0.15) is 0 Å². The number of amides is 1. The van der Waals surface area contributed by atoms with Crippen LogP contribution in [-0.4, -0.2) is 15.9 Å². The lowest BCUT2D eigenvalue weighted by Gasteiger charge is -2.06. The summed E-state index contributed by atoms with van der Waals surface area (Å²) in [5, 5.41) is 2.68. The molecule has 2 rings (SSSR count). The molecule has 0 aliphatic rings. The summed E-state index contributed by atoms with van der Waals surface area (Å²) in [6.45, 7) is 0. The van der Waals surface area contributed by atoms with Crippen LogP contribution in [0.2, 0.25) is 0 Å². The normalized spacial score (nSPS) is 9.94. The van der Waals surface area contributed by atoms with Crippen molar-refractivity contribution in [1.29, 1.82) is 0 Å². The van der Waals surface area contributed by atoms with Crippen LogP contribution in [0.25, 0.3) is 0 Å². The first kappa shape index (κ1) is 11.5. The van der Waals surface area contributed by atoms with Gasteiger partial charge in [-0.15, -0.1) is 0 Å². The number of anilines is 1. The Bertz CT molecular complexity index is 609. The molecule has 0 aromatic carbocycles. The van der Waals surface area contributed by atoms with Gasteiger partial charge in [-0.1, -0.05) is 0 Å². The highest BCUT2D eigenvalue weighted by Crippen LogP contribution is 2.20. The van der Waals surface area contributed by atoms with E-state index < -0.39 is 0 Å². The Morgan fingerprint density at radius 3 is 2.94 bits per heavy atom. The first-order chi connectivity index (χ1) is 8.16. The number of carbonyl (C=O) groups is 1. The first-order valence-electron chi connectivity index (χ1n) is 4.76. The maximum atomic E-state index is 11.8. The molecule has 0 spiro atoms. The van der Waals surface area contributed by atoms with Crippen molar-refractivity contribution in [3.8, 4) is 0 Å². The molecule has 17 heavy (non-hydrogen) atoms. The molecule has 0 fully saturated rings. The van der Waals surface area contributed by atoms with E-state index in [1.165, 1.54) is 18.3 Å². The molecule has 6 heteroatoms. The number of pyridine rings is 2. The maximum absolute atomic E-state index is 11.8. The summed E-state index contributed by atoms with van der Waals surface area (Å²) in [5.41, 5.74) is 0.592. The van der Waals surface area contributed by atoms with Crippen molar-refractivity contribution in [2.45, 2.75) is 0 Å². The molecule has 2 aromatic rings. The number of nitrogens with zero attached hydrogens (tertiary/aromatic N) is 1. The third-order valence-electron chi connectivity index (χ3n) is 2.06. The van der Waals surface area contributed by atoms with Crippen LogP contribution < -0.4 is 10.9 Å². The van der Waals surface area contributed by atoms with Gasteiger partial charge in [0.15, 0.2) is 0 Å². The Morgan fingerprint density at radius 1 is 1.41 bits per heavy atom. The van der Waals surface area contributed by atoms with Gasteiger partial charge in [0, 0.05) is 30.2 Å². The number of hydrogen-bond donors (Lipinski definition) is 2. The molecule has 0 unspecified atom stereocenters. The predicted molar refractivity (Wildman–Crippen MR) is 67.0 cm³/mol. The van der Waals surface area contributed by atoms with Crippen LogP contribution in [0.1, 0.15) is 10.4 Å². The van der Waals surface area contributed by atoms with Crippen molar-refractivity contribution in [3.63, 3.8) is 0 Å². The molecule has 0 aliphatic heterocycles. The zero-order valence-electron chi connectivity index (χ0n) is 8.61. The van der Waals surface area contributed by atoms with Crippen molar-refractivity contribution in [3.05, 3.63) is 57.2 Å². The molecule has 0 radical (unpaired) electrons. The summed E-state index contributed by atoms with van der Waals surface area (Å²) < 4.78 is 0.679. The first-order valence-corrected chi connectivity index (χ1v) is 5.56. The molecule has 2 aromatic heterocycles. The van der Waals surface area contributed by atoms with Crippen LogP contribution in [0.15, 0.2) is 46.1 Å². The highest BCUT2D eigenvalue weighted by Gasteiger charge is 2.08. The van der Waals surface area contributed by atoms with E-state index in [0.717, 1.165) is 0 Å². The number of aromatic nitrogens is 2. The van der Waals surface area contributed by atoms with E-state index in [4.69, 9.17) is 0 Å². The summed E-state index contributed by atoms with van der Waals surface area (Å²) in [4.78, 5) is 29.2. The highest BCUT2D eigenvalue weighted by molar-refractivity contribution is 9.10. The number of carbonyl (C=O) groups excluding carboxylic acids is 1. The van der Waals surface area contributed by atoms with Crippen LogP contribution in [-0.2, 0) is 0 Å². The average Bonchev–Trinajstić information content (AvgIpc) is 2.32. The zero-order chi connectivity index (χ0) is 12.3. The van der Waals surface area contributed by atoms with Gasteiger partial charge in [0.2, 0.25) is 5.56 Å². The monoisotopic (exact) mass is 293 g/mol. The Labute approximate surface area is 105 Å². The van der Waals surface area contributed by atoms with E-state index in [2.05, 4.69) is 31.2 Å². The average molecular weight is 294 g/mol. The number of aromatic amines is 1. The van der Waals surface area contributed by atoms with E-state index >= 15 is 0 Å². The number of halogens is 1. The highest BCUT2D eigenvalue weighted by atomic mass is 79.9. The number of rotatable bonds is 2. The minimum absolute atomic E-state index is 0.303. The molecule has 0 saturated carbocycles. The Morgan fingerprint density at radius 2 is 2.24 bits per heavy atom. The van der Waals surface area contributed by atoms with Crippen LogP contribution in [0.4, 0.5) is 5.69 Å². The molecule has 86 valence electrons. The van der Waals surface area contributed by atoms with Crippen molar-refractivity contribution in [2.75, 3.05) is 5.32 Å². The van der Waals surface area contributed by atoms with Gasteiger partial charge >= 0.3 is 0 Å². The van der Waals surface area contributed by atoms with Crippen molar-refractivity contribution in [2.24, 2.45) is 0 Å². The minimum atomic E-state index is -0.344. The van der Waals surface area contributed by atoms with Crippen LogP contribution >= 0.6 is 15.9 Å². The molecule has 5 nitrogen and oxygen atoms in total. The summed E-state index contributed by atoms with van der Waals surface area (Å²) in [6.07, 6.45) is 4.57. The third kappa shape index (κ3) is 2.79. The van der Waals surface area contributed by atoms with Crippen molar-refractivity contribution < 1.29 is 4.79 Å². The quantitative estimate of drug-likeness (QED) is 0.886. The third-order valence-corrected chi connectivity index (χ3v) is 2.69. The van der Waals surface area contributed by atoms with E-state index in [1.807, 2.05) is 0 Å². The van der Waals surface area contributed by atoms with Gasteiger partial charge in [0.25, 0.3) is 5.91 Å². The van der Waals surface area contributed by atoms with Gasteiger partial charge in [-0.2, -0.15) is 0 Å². The minimum Gasteiger partial charge on any atom is -0.329 e. The van der Waals surface area contributed by atoms with Gasteiger partial charge in [-0.25, -0.2) is 0 Å².